The Kier molecular flexibility index (Phi) is 3.89. The molecule has 0 bridgehead atoms. The quantitative estimate of drug-likeness (QED) is 0.491. The van der Waals surface area contributed by atoms with Crippen molar-refractivity contribution in [3.63, 3.8) is 0 Å². The standard InChI is InChI=1S/C4H9F2N/c1-2-7(6)4-3-5/h2-4H2,1H3. The van der Waals surface area contributed by atoms with Crippen molar-refractivity contribution >= 4 is 0 Å². The molecule has 0 aliphatic heterocycles. The number of hydrogen-bond donors (Lipinski definition) is 0. The van der Waals surface area contributed by atoms with Crippen LogP contribution in [0.5, 0.6) is 0 Å². The molecule has 3 heteroatoms. The molecule has 44 valence electrons. The summed E-state index contributed by atoms with van der Waals surface area (Å²) in [7, 11) is 0. The lowest BCUT2D eigenvalue weighted by Crippen LogP contribution is -2.14. The molecular weight excluding hydrogens is 100 g/mol. The monoisotopic (exact) mass is 109 g/mol. The van der Waals surface area contributed by atoms with Crippen molar-refractivity contribution in [3.05, 3.63) is 0 Å². The van der Waals surface area contributed by atoms with E-state index in [4.69, 9.17) is 0 Å². The number of rotatable bonds is 3. The van der Waals surface area contributed by atoms with Gasteiger partial charge in [0, 0.05) is 6.54 Å². The third-order valence-electron chi connectivity index (χ3n) is 0.670. The predicted octanol–water partition coefficient (Wildman–Crippen LogP) is 1.16. The fraction of sp³-hybridized carbons (Fsp3) is 1.00. The first-order valence-corrected chi connectivity index (χ1v) is 2.28. The summed E-state index contributed by atoms with van der Waals surface area (Å²) in [5.41, 5.74) is 0. The highest BCUT2D eigenvalue weighted by atomic mass is 19.2. The average molecular weight is 109 g/mol. The summed E-state index contributed by atoms with van der Waals surface area (Å²) in [6.45, 7) is 1.19. The molecule has 0 aromatic rings. The summed E-state index contributed by atoms with van der Waals surface area (Å²) in [4.78, 5) is 0. The highest BCUT2D eigenvalue weighted by Crippen LogP contribution is 1.84. The molecule has 0 aliphatic carbocycles. The highest BCUT2D eigenvalue weighted by Gasteiger charge is 1.93. The third-order valence-corrected chi connectivity index (χ3v) is 0.670. The molecule has 0 saturated heterocycles. The van der Waals surface area contributed by atoms with Crippen molar-refractivity contribution in [3.8, 4) is 0 Å². The minimum atomic E-state index is -0.607. The lowest BCUT2D eigenvalue weighted by Gasteiger charge is -2.02. The SMILES string of the molecule is CCN(F)CCF. The van der Waals surface area contributed by atoms with Gasteiger partial charge in [-0.25, -0.2) is 4.39 Å². The van der Waals surface area contributed by atoms with Gasteiger partial charge in [0.15, 0.2) is 0 Å². The molecule has 0 saturated carbocycles. The molecule has 0 atom stereocenters. The zero-order valence-corrected chi connectivity index (χ0v) is 4.32. The zero-order valence-electron chi connectivity index (χ0n) is 4.32. The summed E-state index contributed by atoms with van der Waals surface area (Å²) >= 11 is 0. The van der Waals surface area contributed by atoms with E-state index in [-0.39, 0.29) is 13.1 Å². The van der Waals surface area contributed by atoms with Gasteiger partial charge in [0.25, 0.3) is 0 Å². The number of nitrogens with zero attached hydrogens (tertiary/aromatic N) is 1. The van der Waals surface area contributed by atoms with Crippen LogP contribution in [0.1, 0.15) is 6.92 Å². The Morgan fingerprint density at radius 1 is 1.57 bits per heavy atom. The zero-order chi connectivity index (χ0) is 5.70. The highest BCUT2D eigenvalue weighted by molar-refractivity contribution is 4.35. The average Bonchev–Trinajstić information content (AvgIpc) is 1.68. The Bertz CT molecular complexity index is 40.7. The summed E-state index contributed by atoms with van der Waals surface area (Å²) in [6, 6.07) is 0. The van der Waals surface area contributed by atoms with Gasteiger partial charge in [0.05, 0.1) is 6.54 Å². The van der Waals surface area contributed by atoms with Gasteiger partial charge in [-0.05, 0) is 6.92 Å². The molecule has 0 fully saturated rings. The summed E-state index contributed by atoms with van der Waals surface area (Å²) < 4.78 is 22.9. The maximum absolute atomic E-state index is 11.7. The Morgan fingerprint density at radius 3 is 2.29 bits per heavy atom. The minimum absolute atomic E-state index is 0.101. The molecule has 0 N–H and O–H groups in total. The van der Waals surface area contributed by atoms with Crippen molar-refractivity contribution in [2.24, 2.45) is 0 Å². The largest absolute Gasteiger partial charge is 0.250 e. The van der Waals surface area contributed by atoms with E-state index < -0.39 is 6.67 Å². The van der Waals surface area contributed by atoms with Crippen LogP contribution in [0.3, 0.4) is 0 Å². The van der Waals surface area contributed by atoms with Gasteiger partial charge in [-0.2, -0.15) is 0 Å². The van der Waals surface area contributed by atoms with Crippen molar-refractivity contribution in [2.45, 2.75) is 6.92 Å². The van der Waals surface area contributed by atoms with E-state index >= 15 is 0 Å². The van der Waals surface area contributed by atoms with Gasteiger partial charge < -0.3 is 0 Å². The molecule has 0 aromatic carbocycles. The van der Waals surface area contributed by atoms with Crippen LogP contribution in [0.25, 0.3) is 0 Å². The van der Waals surface area contributed by atoms with Crippen LogP contribution < -0.4 is 0 Å². The Morgan fingerprint density at radius 2 is 2.14 bits per heavy atom. The molecule has 0 amide bonds. The third kappa shape index (κ3) is 3.66. The molecule has 0 heterocycles. The van der Waals surface area contributed by atoms with Crippen LogP contribution in [-0.4, -0.2) is 24.9 Å². The summed E-state index contributed by atoms with van der Waals surface area (Å²) in [5, 5.41) is 0.431. The summed E-state index contributed by atoms with van der Waals surface area (Å²) in [5.74, 6) is 0. The summed E-state index contributed by atoms with van der Waals surface area (Å²) in [6.07, 6.45) is 0. The minimum Gasteiger partial charge on any atom is -0.250 e. The number of alkyl halides is 1. The van der Waals surface area contributed by atoms with E-state index in [0.717, 1.165) is 0 Å². The Hall–Kier alpha value is -0.180. The van der Waals surface area contributed by atoms with E-state index in [1.54, 1.807) is 6.92 Å². The van der Waals surface area contributed by atoms with Crippen LogP contribution in [0.15, 0.2) is 0 Å². The van der Waals surface area contributed by atoms with E-state index in [0.29, 0.717) is 5.12 Å². The van der Waals surface area contributed by atoms with Crippen molar-refractivity contribution < 1.29 is 8.87 Å². The fourth-order valence-corrected chi connectivity index (χ4v) is 0.250. The van der Waals surface area contributed by atoms with Crippen molar-refractivity contribution in [1.82, 2.24) is 5.12 Å². The topological polar surface area (TPSA) is 3.24 Å². The molecular formula is C4H9F2N. The molecule has 0 aliphatic rings. The van der Waals surface area contributed by atoms with Gasteiger partial charge in [-0.1, -0.05) is 0 Å². The first kappa shape index (κ1) is 6.82. The van der Waals surface area contributed by atoms with Crippen molar-refractivity contribution in [1.29, 1.82) is 0 Å². The van der Waals surface area contributed by atoms with Gasteiger partial charge >= 0.3 is 0 Å². The van der Waals surface area contributed by atoms with Crippen LogP contribution in [0, 0.1) is 0 Å². The number of hydrogen-bond acceptors (Lipinski definition) is 1. The van der Waals surface area contributed by atoms with E-state index in [9.17, 15) is 8.87 Å². The van der Waals surface area contributed by atoms with Gasteiger partial charge in [-0.15, -0.1) is 9.60 Å². The number of halogens is 2. The molecule has 0 radical (unpaired) electrons. The molecule has 0 rings (SSSR count). The lowest BCUT2D eigenvalue weighted by molar-refractivity contribution is 0.0261. The Labute approximate surface area is 41.9 Å². The second kappa shape index (κ2) is 3.99. The smallest absolute Gasteiger partial charge is 0.105 e. The van der Waals surface area contributed by atoms with E-state index in [1.807, 2.05) is 0 Å². The van der Waals surface area contributed by atoms with E-state index in [2.05, 4.69) is 0 Å². The maximum Gasteiger partial charge on any atom is 0.105 e. The van der Waals surface area contributed by atoms with E-state index in [1.165, 1.54) is 0 Å². The van der Waals surface area contributed by atoms with Gasteiger partial charge in [-0.3, -0.25) is 0 Å². The first-order valence-electron chi connectivity index (χ1n) is 2.28. The molecule has 7 heavy (non-hydrogen) atoms. The molecule has 1 nitrogen and oxygen atoms in total. The van der Waals surface area contributed by atoms with Crippen LogP contribution in [-0.2, 0) is 0 Å². The van der Waals surface area contributed by atoms with Gasteiger partial charge in [0.1, 0.15) is 6.67 Å². The maximum atomic E-state index is 11.7. The fourth-order valence-electron chi connectivity index (χ4n) is 0.250. The van der Waals surface area contributed by atoms with Crippen LogP contribution in [0.4, 0.5) is 8.87 Å². The van der Waals surface area contributed by atoms with Crippen LogP contribution in [0.2, 0.25) is 0 Å². The van der Waals surface area contributed by atoms with Crippen LogP contribution >= 0.6 is 0 Å². The first-order chi connectivity index (χ1) is 3.31. The Balaban J connectivity index is 2.83. The molecule has 0 spiro atoms. The second-order valence-corrected chi connectivity index (χ2v) is 1.19. The predicted molar refractivity (Wildman–Crippen MR) is 24.3 cm³/mol. The van der Waals surface area contributed by atoms with Gasteiger partial charge in [0.2, 0.25) is 0 Å². The lowest BCUT2D eigenvalue weighted by atomic mass is 10.6. The molecule has 0 aromatic heterocycles. The second-order valence-electron chi connectivity index (χ2n) is 1.19. The van der Waals surface area contributed by atoms with Crippen molar-refractivity contribution in [2.75, 3.05) is 19.8 Å². The normalized spacial score (nSPS) is 10.3. The molecule has 0 unspecified atom stereocenters.